The van der Waals surface area contributed by atoms with Crippen molar-refractivity contribution in [3.8, 4) is 11.5 Å². The van der Waals surface area contributed by atoms with E-state index in [-0.39, 0.29) is 0 Å². The summed E-state index contributed by atoms with van der Waals surface area (Å²) in [7, 11) is 3.25. The second-order valence-electron chi connectivity index (χ2n) is 5.48. The molecule has 0 bridgehead atoms. The summed E-state index contributed by atoms with van der Waals surface area (Å²) in [6.45, 7) is 0. The van der Waals surface area contributed by atoms with Crippen LogP contribution in [0.2, 0.25) is 0 Å². The van der Waals surface area contributed by atoms with Gasteiger partial charge < -0.3 is 9.47 Å². The van der Waals surface area contributed by atoms with Crippen LogP contribution in [-0.4, -0.2) is 24.2 Å². The number of benzene rings is 3. The Hall–Kier alpha value is -2.79. The molecule has 4 aromatic rings. The molecule has 4 rings (SSSR count). The number of hydrogen-bond acceptors (Lipinski definition) is 5. The SMILES string of the molecule is COc1cc2ncnc(Sc3cccc4ccccc34)c2cc1OC. The van der Waals surface area contributed by atoms with Gasteiger partial charge in [0.25, 0.3) is 0 Å². The van der Waals surface area contributed by atoms with Crippen molar-refractivity contribution in [3.63, 3.8) is 0 Å². The normalized spacial score (nSPS) is 11.0. The predicted molar refractivity (Wildman–Crippen MR) is 101 cm³/mol. The predicted octanol–water partition coefficient (Wildman–Crippen LogP) is 4.95. The maximum absolute atomic E-state index is 5.43. The largest absolute Gasteiger partial charge is 0.493 e. The van der Waals surface area contributed by atoms with Gasteiger partial charge in [-0.15, -0.1) is 0 Å². The van der Waals surface area contributed by atoms with Crippen molar-refractivity contribution in [1.82, 2.24) is 9.97 Å². The summed E-state index contributed by atoms with van der Waals surface area (Å²) in [5.74, 6) is 1.33. The van der Waals surface area contributed by atoms with Gasteiger partial charge in [-0.2, -0.15) is 0 Å². The minimum absolute atomic E-state index is 0.662. The van der Waals surface area contributed by atoms with Gasteiger partial charge in [-0.3, -0.25) is 0 Å². The highest BCUT2D eigenvalue weighted by Crippen LogP contribution is 2.38. The lowest BCUT2D eigenvalue weighted by Gasteiger charge is -2.11. The van der Waals surface area contributed by atoms with Crippen LogP contribution in [0, 0.1) is 0 Å². The van der Waals surface area contributed by atoms with Crippen molar-refractivity contribution in [2.75, 3.05) is 14.2 Å². The van der Waals surface area contributed by atoms with Crippen molar-refractivity contribution in [1.29, 1.82) is 0 Å². The van der Waals surface area contributed by atoms with Gasteiger partial charge >= 0.3 is 0 Å². The molecule has 25 heavy (non-hydrogen) atoms. The first-order valence-electron chi connectivity index (χ1n) is 7.82. The van der Waals surface area contributed by atoms with Crippen molar-refractivity contribution in [2.24, 2.45) is 0 Å². The Labute approximate surface area is 149 Å². The summed E-state index contributed by atoms with van der Waals surface area (Å²) < 4.78 is 10.8. The van der Waals surface area contributed by atoms with E-state index in [1.807, 2.05) is 18.2 Å². The van der Waals surface area contributed by atoms with Crippen molar-refractivity contribution < 1.29 is 9.47 Å². The van der Waals surface area contributed by atoms with E-state index in [1.54, 1.807) is 32.3 Å². The van der Waals surface area contributed by atoms with E-state index in [9.17, 15) is 0 Å². The quantitative estimate of drug-likeness (QED) is 0.488. The first-order chi connectivity index (χ1) is 12.3. The minimum Gasteiger partial charge on any atom is -0.493 e. The number of aromatic nitrogens is 2. The molecule has 0 radical (unpaired) electrons. The topological polar surface area (TPSA) is 44.2 Å². The molecule has 3 aromatic carbocycles. The zero-order chi connectivity index (χ0) is 17.2. The van der Waals surface area contributed by atoms with Crippen LogP contribution < -0.4 is 9.47 Å². The van der Waals surface area contributed by atoms with E-state index in [0.717, 1.165) is 20.8 Å². The van der Waals surface area contributed by atoms with Gasteiger partial charge in [0.15, 0.2) is 11.5 Å². The Kier molecular flexibility index (Phi) is 4.15. The molecule has 0 aliphatic rings. The van der Waals surface area contributed by atoms with E-state index in [4.69, 9.17) is 9.47 Å². The lowest BCUT2D eigenvalue weighted by Crippen LogP contribution is -1.93. The molecule has 0 saturated heterocycles. The molecular formula is C20H16N2O2S. The van der Waals surface area contributed by atoms with Crippen LogP contribution in [0.1, 0.15) is 0 Å². The lowest BCUT2D eigenvalue weighted by molar-refractivity contribution is 0.355. The number of nitrogens with zero attached hydrogens (tertiary/aromatic N) is 2. The maximum Gasteiger partial charge on any atom is 0.162 e. The van der Waals surface area contributed by atoms with Crippen molar-refractivity contribution in [3.05, 3.63) is 60.9 Å². The van der Waals surface area contributed by atoms with E-state index >= 15 is 0 Å². The first kappa shape index (κ1) is 15.7. The van der Waals surface area contributed by atoms with E-state index in [0.29, 0.717) is 11.5 Å². The summed E-state index contributed by atoms with van der Waals surface area (Å²) in [5.41, 5.74) is 0.829. The zero-order valence-electron chi connectivity index (χ0n) is 13.9. The standard InChI is InChI=1S/C20H16N2O2S/c1-23-17-10-15-16(11-18(17)24-2)21-12-22-20(15)25-19-9-5-7-13-6-3-4-8-14(13)19/h3-12H,1-2H3. The Balaban J connectivity index is 1.86. The molecular weight excluding hydrogens is 332 g/mol. The van der Waals surface area contributed by atoms with Gasteiger partial charge in [-0.05, 0) is 22.9 Å². The summed E-state index contributed by atoms with van der Waals surface area (Å²) in [4.78, 5) is 10.0. The molecule has 0 N–H and O–H groups in total. The number of rotatable bonds is 4. The smallest absolute Gasteiger partial charge is 0.162 e. The van der Waals surface area contributed by atoms with E-state index in [1.165, 1.54) is 10.8 Å². The summed E-state index contributed by atoms with van der Waals surface area (Å²) in [5, 5.41) is 4.26. The van der Waals surface area contributed by atoms with Crippen LogP contribution in [0.3, 0.4) is 0 Å². The molecule has 1 heterocycles. The molecule has 124 valence electrons. The molecule has 0 atom stereocenters. The molecule has 0 amide bonds. The average molecular weight is 348 g/mol. The van der Waals surface area contributed by atoms with Crippen molar-refractivity contribution in [2.45, 2.75) is 9.92 Å². The van der Waals surface area contributed by atoms with Gasteiger partial charge in [0.1, 0.15) is 11.4 Å². The molecule has 0 aliphatic heterocycles. The van der Waals surface area contributed by atoms with Crippen LogP contribution in [-0.2, 0) is 0 Å². The second kappa shape index (κ2) is 6.61. The van der Waals surface area contributed by atoms with Gasteiger partial charge in [0.05, 0.1) is 19.7 Å². The molecule has 0 unspecified atom stereocenters. The Morgan fingerprint density at radius 3 is 2.40 bits per heavy atom. The molecule has 0 saturated carbocycles. The van der Waals surface area contributed by atoms with Crippen LogP contribution in [0.5, 0.6) is 11.5 Å². The number of hydrogen-bond donors (Lipinski definition) is 0. The fourth-order valence-corrected chi connectivity index (χ4v) is 3.85. The summed E-state index contributed by atoms with van der Waals surface area (Å²) in [6.07, 6.45) is 1.59. The molecule has 0 fully saturated rings. The third-order valence-corrected chi connectivity index (χ3v) is 5.15. The third kappa shape index (κ3) is 2.87. The van der Waals surface area contributed by atoms with Gasteiger partial charge in [-0.25, -0.2) is 9.97 Å². The monoisotopic (exact) mass is 348 g/mol. The first-order valence-corrected chi connectivity index (χ1v) is 8.64. The highest BCUT2D eigenvalue weighted by atomic mass is 32.2. The fourth-order valence-electron chi connectivity index (χ4n) is 2.83. The van der Waals surface area contributed by atoms with Crippen LogP contribution in [0.15, 0.2) is 70.8 Å². The van der Waals surface area contributed by atoms with Gasteiger partial charge in [0.2, 0.25) is 0 Å². The molecule has 4 nitrogen and oxygen atoms in total. The van der Waals surface area contributed by atoms with Crippen LogP contribution >= 0.6 is 11.8 Å². The number of fused-ring (bicyclic) bond motifs is 2. The summed E-state index contributed by atoms with van der Waals surface area (Å²) in [6, 6.07) is 18.5. The Bertz CT molecular complexity index is 1060. The average Bonchev–Trinajstić information content (AvgIpc) is 2.67. The summed E-state index contributed by atoms with van der Waals surface area (Å²) >= 11 is 1.63. The van der Waals surface area contributed by atoms with Crippen LogP contribution in [0.25, 0.3) is 21.7 Å². The van der Waals surface area contributed by atoms with Crippen molar-refractivity contribution >= 4 is 33.4 Å². The zero-order valence-corrected chi connectivity index (χ0v) is 14.7. The number of methoxy groups -OCH3 is 2. The molecule has 0 spiro atoms. The minimum atomic E-state index is 0.662. The van der Waals surface area contributed by atoms with E-state index in [2.05, 4.69) is 46.4 Å². The molecule has 1 aromatic heterocycles. The second-order valence-corrected chi connectivity index (χ2v) is 6.51. The fraction of sp³-hybridized carbons (Fsp3) is 0.100. The van der Waals surface area contributed by atoms with Gasteiger partial charge in [-0.1, -0.05) is 48.2 Å². The Morgan fingerprint density at radius 1 is 0.800 bits per heavy atom. The van der Waals surface area contributed by atoms with Gasteiger partial charge in [0, 0.05) is 16.3 Å². The highest BCUT2D eigenvalue weighted by molar-refractivity contribution is 7.99. The molecule has 0 aliphatic carbocycles. The lowest BCUT2D eigenvalue weighted by atomic mass is 10.1. The van der Waals surface area contributed by atoms with Crippen LogP contribution in [0.4, 0.5) is 0 Å². The Morgan fingerprint density at radius 2 is 1.56 bits per heavy atom. The third-order valence-electron chi connectivity index (χ3n) is 4.06. The van der Waals surface area contributed by atoms with E-state index < -0.39 is 0 Å². The highest BCUT2D eigenvalue weighted by Gasteiger charge is 2.12. The maximum atomic E-state index is 5.43. The number of ether oxygens (including phenoxy) is 2. The molecule has 5 heteroatoms.